The predicted molar refractivity (Wildman–Crippen MR) is 71.7 cm³/mol. The van der Waals surface area contributed by atoms with Crippen LogP contribution in [0.1, 0.15) is 12.5 Å². The van der Waals surface area contributed by atoms with E-state index in [1.165, 1.54) is 16.9 Å². The molecule has 86 valence electrons. The first-order chi connectivity index (χ1) is 8.29. The van der Waals surface area contributed by atoms with E-state index in [1.807, 2.05) is 23.6 Å². The maximum atomic E-state index is 5.87. The summed E-state index contributed by atoms with van der Waals surface area (Å²) in [5.41, 5.74) is 2.93. The van der Waals surface area contributed by atoms with E-state index < -0.39 is 0 Å². The molecule has 3 aromatic rings. The Labute approximate surface area is 108 Å². The van der Waals surface area contributed by atoms with Crippen molar-refractivity contribution in [3.8, 4) is 11.5 Å². The van der Waals surface area contributed by atoms with Gasteiger partial charge in [-0.1, -0.05) is 36.7 Å². The minimum absolute atomic E-state index is 0.544. The Balaban J connectivity index is 2.29. The van der Waals surface area contributed by atoms with E-state index >= 15 is 0 Å². The molecule has 4 heteroatoms. The van der Waals surface area contributed by atoms with Crippen LogP contribution < -0.4 is 0 Å². The van der Waals surface area contributed by atoms with Crippen molar-refractivity contribution in [1.82, 2.24) is 4.98 Å². The fourth-order valence-corrected chi connectivity index (χ4v) is 2.76. The number of furan rings is 1. The van der Waals surface area contributed by atoms with Crippen LogP contribution in [0.5, 0.6) is 0 Å². The predicted octanol–water partition coefficient (Wildman–Crippen LogP) is 4.77. The molecule has 3 rings (SSSR count). The summed E-state index contributed by atoms with van der Waals surface area (Å²) in [6, 6.07) is 8.05. The number of nitrogens with zero attached hydrogens (tertiary/aromatic N) is 1. The summed E-state index contributed by atoms with van der Waals surface area (Å²) in [4.78, 5) is 4.27. The molecule has 0 aliphatic carbocycles. The highest BCUT2D eigenvalue weighted by Gasteiger charge is 2.16. The number of halogens is 1. The number of para-hydroxylation sites is 1. The van der Waals surface area contributed by atoms with Gasteiger partial charge in [0.25, 0.3) is 0 Å². The average Bonchev–Trinajstić information content (AvgIpc) is 2.91. The fraction of sp³-hybridized carbons (Fsp3) is 0.154. The van der Waals surface area contributed by atoms with Gasteiger partial charge in [-0.25, -0.2) is 4.98 Å². The molecular weight excluding hydrogens is 254 g/mol. The normalized spacial score (nSPS) is 11.2. The van der Waals surface area contributed by atoms with Crippen molar-refractivity contribution in [2.24, 2.45) is 0 Å². The molecule has 0 saturated carbocycles. The number of fused-ring (bicyclic) bond motifs is 1. The highest BCUT2D eigenvalue weighted by atomic mass is 35.5. The zero-order valence-corrected chi connectivity index (χ0v) is 10.8. The number of aromatic nitrogens is 1. The SMILES string of the molecule is CCc1c(-c2csc(Cl)n2)oc2ccccc12. The monoisotopic (exact) mass is 263 g/mol. The molecule has 0 amide bonds. The van der Waals surface area contributed by atoms with Gasteiger partial charge in [0.2, 0.25) is 0 Å². The molecule has 0 fully saturated rings. The minimum Gasteiger partial charge on any atom is -0.454 e. The van der Waals surface area contributed by atoms with Gasteiger partial charge in [-0.3, -0.25) is 0 Å². The molecule has 0 radical (unpaired) electrons. The van der Waals surface area contributed by atoms with Gasteiger partial charge in [0, 0.05) is 16.3 Å². The second-order valence-corrected chi connectivity index (χ2v) is 5.19. The number of aryl methyl sites for hydroxylation is 1. The third-order valence-corrected chi connectivity index (χ3v) is 3.74. The molecule has 0 aliphatic rings. The van der Waals surface area contributed by atoms with Crippen LogP contribution in [-0.2, 0) is 6.42 Å². The number of hydrogen-bond donors (Lipinski definition) is 0. The molecule has 0 atom stereocenters. The number of rotatable bonds is 2. The second-order valence-electron chi connectivity index (χ2n) is 3.75. The van der Waals surface area contributed by atoms with E-state index in [2.05, 4.69) is 18.0 Å². The van der Waals surface area contributed by atoms with Crippen LogP contribution in [0.15, 0.2) is 34.1 Å². The van der Waals surface area contributed by atoms with E-state index in [-0.39, 0.29) is 0 Å². The molecule has 1 aromatic carbocycles. The van der Waals surface area contributed by atoms with Crippen LogP contribution in [0.2, 0.25) is 4.47 Å². The highest BCUT2D eigenvalue weighted by molar-refractivity contribution is 7.14. The van der Waals surface area contributed by atoms with Gasteiger partial charge in [-0.05, 0) is 12.5 Å². The maximum absolute atomic E-state index is 5.87. The summed E-state index contributed by atoms with van der Waals surface area (Å²) in [5.74, 6) is 0.844. The summed E-state index contributed by atoms with van der Waals surface area (Å²) < 4.78 is 6.42. The molecule has 0 spiro atoms. The summed E-state index contributed by atoms with van der Waals surface area (Å²) in [5, 5.41) is 3.09. The van der Waals surface area contributed by atoms with Crippen molar-refractivity contribution >= 4 is 33.9 Å². The smallest absolute Gasteiger partial charge is 0.184 e. The Hall–Kier alpha value is -1.32. The molecule has 0 bridgehead atoms. The molecule has 2 aromatic heterocycles. The van der Waals surface area contributed by atoms with Crippen LogP contribution in [0, 0.1) is 0 Å². The first-order valence-electron chi connectivity index (χ1n) is 5.41. The molecule has 2 heterocycles. The quantitative estimate of drug-likeness (QED) is 0.665. The average molecular weight is 264 g/mol. The summed E-state index contributed by atoms with van der Waals surface area (Å²) in [7, 11) is 0. The molecule has 17 heavy (non-hydrogen) atoms. The van der Waals surface area contributed by atoms with E-state index in [0.717, 1.165) is 28.8 Å². The number of benzene rings is 1. The fourth-order valence-electron chi connectivity index (χ4n) is 2.01. The first kappa shape index (κ1) is 10.8. The van der Waals surface area contributed by atoms with E-state index in [4.69, 9.17) is 16.0 Å². The van der Waals surface area contributed by atoms with E-state index in [1.54, 1.807) is 0 Å². The van der Waals surface area contributed by atoms with Crippen LogP contribution >= 0.6 is 22.9 Å². The lowest BCUT2D eigenvalue weighted by molar-refractivity contribution is 0.625. The second kappa shape index (κ2) is 4.17. The Kier molecular flexibility index (Phi) is 2.65. The molecule has 0 saturated heterocycles. The van der Waals surface area contributed by atoms with Crippen molar-refractivity contribution in [3.05, 3.63) is 39.7 Å². The molecule has 0 N–H and O–H groups in total. The Bertz CT molecular complexity index is 671. The lowest BCUT2D eigenvalue weighted by atomic mass is 10.1. The van der Waals surface area contributed by atoms with Gasteiger partial charge in [0.1, 0.15) is 11.3 Å². The van der Waals surface area contributed by atoms with Gasteiger partial charge >= 0.3 is 0 Å². The standard InChI is InChI=1S/C13H10ClNOS/c1-2-8-9-5-3-4-6-11(9)16-12(8)10-7-17-13(14)15-10/h3-7H,2H2,1H3. The van der Waals surface area contributed by atoms with Gasteiger partial charge in [0.05, 0.1) is 0 Å². The third kappa shape index (κ3) is 1.75. The van der Waals surface area contributed by atoms with Crippen LogP contribution in [0.25, 0.3) is 22.4 Å². The van der Waals surface area contributed by atoms with Crippen molar-refractivity contribution in [1.29, 1.82) is 0 Å². The highest BCUT2D eigenvalue weighted by Crippen LogP contribution is 2.35. The Morgan fingerprint density at radius 1 is 1.35 bits per heavy atom. The Morgan fingerprint density at radius 2 is 2.18 bits per heavy atom. The lowest BCUT2D eigenvalue weighted by Crippen LogP contribution is -1.82. The van der Waals surface area contributed by atoms with E-state index in [9.17, 15) is 0 Å². The van der Waals surface area contributed by atoms with Gasteiger partial charge in [-0.15, -0.1) is 11.3 Å². The van der Waals surface area contributed by atoms with Gasteiger partial charge < -0.3 is 4.42 Å². The lowest BCUT2D eigenvalue weighted by Gasteiger charge is -1.95. The number of thiazole rings is 1. The van der Waals surface area contributed by atoms with Crippen LogP contribution in [0.4, 0.5) is 0 Å². The van der Waals surface area contributed by atoms with Crippen LogP contribution in [-0.4, -0.2) is 4.98 Å². The largest absolute Gasteiger partial charge is 0.454 e. The molecule has 0 aliphatic heterocycles. The maximum Gasteiger partial charge on any atom is 0.184 e. The number of hydrogen-bond acceptors (Lipinski definition) is 3. The summed E-state index contributed by atoms with van der Waals surface area (Å²) in [6.07, 6.45) is 0.918. The van der Waals surface area contributed by atoms with Gasteiger partial charge in [-0.2, -0.15) is 0 Å². The third-order valence-electron chi connectivity index (χ3n) is 2.76. The van der Waals surface area contributed by atoms with E-state index in [0.29, 0.717) is 4.47 Å². The van der Waals surface area contributed by atoms with Crippen molar-refractivity contribution in [2.75, 3.05) is 0 Å². The molecular formula is C13H10ClNOS. The van der Waals surface area contributed by atoms with Crippen molar-refractivity contribution in [2.45, 2.75) is 13.3 Å². The Morgan fingerprint density at radius 3 is 2.88 bits per heavy atom. The summed E-state index contributed by atoms with van der Waals surface area (Å²) in [6.45, 7) is 2.12. The zero-order chi connectivity index (χ0) is 11.8. The van der Waals surface area contributed by atoms with Crippen molar-refractivity contribution in [3.63, 3.8) is 0 Å². The van der Waals surface area contributed by atoms with Crippen molar-refractivity contribution < 1.29 is 4.42 Å². The summed E-state index contributed by atoms with van der Waals surface area (Å²) >= 11 is 7.29. The minimum atomic E-state index is 0.544. The van der Waals surface area contributed by atoms with Gasteiger partial charge in [0.15, 0.2) is 10.2 Å². The molecule has 0 unspecified atom stereocenters. The van der Waals surface area contributed by atoms with Crippen LogP contribution in [0.3, 0.4) is 0 Å². The first-order valence-corrected chi connectivity index (χ1v) is 6.67. The zero-order valence-electron chi connectivity index (χ0n) is 9.24. The molecule has 2 nitrogen and oxygen atoms in total. The topological polar surface area (TPSA) is 26.0 Å².